The summed E-state index contributed by atoms with van der Waals surface area (Å²) in [5.74, 6) is 0.487. The highest BCUT2D eigenvalue weighted by atomic mass is 16.5. The number of pyridine rings is 1. The van der Waals surface area contributed by atoms with E-state index in [-0.39, 0.29) is 6.03 Å². The molecule has 1 aromatic heterocycles. The van der Waals surface area contributed by atoms with Gasteiger partial charge in [0.25, 0.3) is 0 Å². The van der Waals surface area contributed by atoms with Gasteiger partial charge in [-0.05, 0) is 12.1 Å². The van der Waals surface area contributed by atoms with Gasteiger partial charge in [-0.15, -0.1) is 0 Å². The average Bonchev–Trinajstić information content (AvgIpc) is 2.60. The number of amides is 2. The zero-order valence-electron chi connectivity index (χ0n) is 8.80. The van der Waals surface area contributed by atoms with Crippen LogP contribution in [-0.4, -0.2) is 43.2 Å². The number of carbonyl (C=O) groups is 1. The molecule has 0 bridgehead atoms. The summed E-state index contributed by atoms with van der Waals surface area (Å²) >= 11 is 0. The summed E-state index contributed by atoms with van der Waals surface area (Å²) in [6.45, 7) is 1.41. The Morgan fingerprint density at radius 2 is 2.27 bits per heavy atom. The van der Waals surface area contributed by atoms with Crippen molar-refractivity contribution in [2.24, 2.45) is 0 Å². The zero-order chi connectivity index (χ0) is 10.8. The second-order valence-corrected chi connectivity index (χ2v) is 3.39. The van der Waals surface area contributed by atoms with Gasteiger partial charge >= 0.3 is 6.03 Å². The second kappa shape index (κ2) is 3.76. The lowest BCUT2D eigenvalue weighted by Gasteiger charge is -2.17. The van der Waals surface area contributed by atoms with Crippen molar-refractivity contribution < 1.29 is 9.53 Å². The summed E-state index contributed by atoms with van der Waals surface area (Å²) in [7, 11) is 3.33. The van der Waals surface area contributed by atoms with Crippen LogP contribution >= 0.6 is 0 Å². The van der Waals surface area contributed by atoms with Crippen LogP contribution in [0.4, 0.5) is 10.5 Å². The van der Waals surface area contributed by atoms with Crippen LogP contribution in [0.25, 0.3) is 0 Å². The number of nitrogens with zero attached hydrogens (tertiary/aromatic N) is 3. The molecule has 2 rings (SSSR count). The number of methoxy groups -OCH3 is 1. The lowest BCUT2D eigenvalue weighted by molar-refractivity contribution is 0.229. The molecule has 1 aliphatic heterocycles. The monoisotopic (exact) mass is 207 g/mol. The van der Waals surface area contributed by atoms with Crippen LogP contribution in [-0.2, 0) is 0 Å². The van der Waals surface area contributed by atoms with Gasteiger partial charge in [-0.25, -0.2) is 9.78 Å². The van der Waals surface area contributed by atoms with Crippen molar-refractivity contribution in [2.45, 2.75) is 0 Å². The Bertz CT molecular complexity index is 381. The van der Waals surface area contributed by atoms with Gasteiger partial charge in [0.2, 0.25) is 5.88 Å². The number of aromatic nitrogens is 1. The summed E-state index contributed by atoms with van der Waals surface area (Å²) in [5.41, 5.74) is 0.731. The predicted octanol–water partition coefficient (Wildman–Crippen LogP) is 0.962. The maximum atomic E-state index is 11.7. The van der Waals surface area contributed by atoms with Crippen LogP contribution in [0.15, 0.2) is 18.3 Å². The minimum Gasteiger partial charge on any atom is -0.480 e. The van der Waals surface area contributed by atoms with E-state index in [0.717, 1.165) is 12.2 Å². The number of urea groups is 1. The van der Waals surface area contributed by atoms with Crippen molar-refractivity contribution in [3.8, 4) is 5.88 Å². The quantitative estimate of drug-likeness (QED) is 0.725. The zero-order valence-corrected chi connectivity index (χ0v) is 8.80. The Kier molecular flexibility index (Phi) is 2.45. The van der Waals surface area contributed by atoms with E-state index >= 15 is 0 Å². The molecule has 5 nitrogen and oxygen atoms in total. The van der Waals surface area contributed by atoms with Crippen molar-refractivity contribution in [1.29, 1.82) is 0 Å². The lowest BCUT2D eigenvalue weighted by Crippen LogP contribution is -2.29. The predicted molar refractivity (Wildman–Crippen MR) is 56.2 cm³/mol. The van der Waals surface area contributed by atoms with Crippen molar-refractivity contribution in [3.05, 3.63) is 18.3 Å². The van der Waals surface area contributed by atoms with Crippen LogP contribution in [0.3, 0.4) is 0 Å². The fourth-order valence-electron chi connectivity index (χ4n) is 1.62. The molecule has 0 atom stereocenters. The largest absolute Gasteiger partial charge is 0.480 e. The third-order valence-corrected chi connectivity index (χ3v) is 2.45. The Morgan fingerprint density at radius 3 is 2.87 bits per heavy atom. The van der Waals surface area contributed by atoms with E-state index < -0.39 is 0 Å². The summed E-state index contributed by atoms with van der Waals surface area (Å²) in [4.78, 5) is 19.2. The molecule has 0 saturated carbocycles. The third-order valence-electron chi connectivity index (χ3n) is 2.45. The molecule has 1 aliphatic rings. The van der Waals surface area contributed by atoms with E-state index in [4.69, 9.17) is 4.74 Å². The SMILES string of the molecule is COc1ncccc1N1CCN(C)C1=O. The molecular weight excluding hydrogens is 194 g/mol. The normalized spacial score (nSPS) is 16.0. The number of rotatable bonds is 2. The van der Waals surface area contributed by atoms with Gasteiger partial charge in [-0.3, -0.25) is 4.90 Å². The van der Waals surface area contributed by atoms with Crippen molar-refractivity contribution in [3.63, 3.8) is 0 Å². The molecule has 2 heterocycles. The molecule has 80 valence electrons. The molecule has 2 amide bonds. The van der Waals surface area contributed by atoms with Crippen LogP contribution in [0.1, 0.15) is 0 Å². The van der Waals surface area contributed by atoms with Gasteiger partial charge < -0.3 is 9.64 Å². The molecule has 0 unspecified atom stereocenters. The van der Waals surface area contributed by atoms with E-state index in [2.05, 4.69) is 4.98 Å². The minimum atomic E-state index is -0.0127. The van der Waals surface area contributed by atoms with Gasteiger partial charge in [0, 0.05) is 26.3 Å². The van der Waals surface area contributed by atoms with E-state index in [1.54, 1.807) is 36.2 Å². The Balaban J connectivity index is 2.33. The summed E-state index contributed by atoms with van der Waals surface area (Å²) in [5, 5.41) is 0. The Morgan fingerprint density at radius 1 is 1.47 bits per heavy atom. The number of likely N-dealkylation sites (N-methyl/N-ethyl adjacent to an activating group) is 1. The number of ether oxygens (including phenoxy) is 1. The number of hydrogen-bond acceptors (Lipinski definition) is 3. The first kappa shape index (κ1) is 9.76. The highest BCUT2D eigenvalue weighted by Crippen LogP contribution is 2.27. The number of anilines is 1. The van der Waals surface area contributed by atoms with Crippen molar-refractivity contribution in [2.75, 3.05) is 32.1 Å². The molecule has 1 saturated heterocycles. The maximum absolute atomic E-state index is 11.7. The second-order valence-electron chi connectivity index (χ2n) is 3.39. The number of carbonyl (C=O) groups excluding carboxylic acids is 1. The summed E-state index contributed by atoms with van der Waals surface area (Å²) in [6, 6.07) is 3.62. The molecule has 5 heteroatoms. The average molecular weight is 207 g/mol. The Hall–Kier alpha value is -1.78. The van der Waals surface area contributed by atoms with E-state index in [1.807, 2.05) is 6.07 Å². The van der Waals surface area contributed by atoms with Crippen molar-refractivity contribution >= 4 is 11.7 Å². The van der Waals surface area contributed by atoms with Gasteiger partial charge in [0.05, 0.1) is 7.11 Å². The molecule has 0 aromatic carbocycles. The first-order chi connectivity index (χ1) is 7.24. The molecule has 1 aromatic rings. The van der Waals surface area contributed by atoms with Crippen LogP contribution in [0.5, 0.6) is 5.88 Å². The van der Waals surface area contributed by atoms with Gasteiger partial charge in [0.15, 0.2) is 0 Å². The van der Waals surface area contributed by atoms with Gasteiger partial charge in [-0.1, -0.05) is 0 Å². The van der Waals surface area contributed by atoms with Crippen LogP contribution in [0.2, 0.25) is 0 Å². The molecule has 0 radical (unpaired) electrons. The Labute approximate surface area is 88.3 Å². The highest BCUT2D eigenvalue weighted by molar-refractivity contribution is 5.95. The first-order valence-electron chi connectivity index (χ1n) is 4.75. The topological polar surface area (TPSA) is 45.7 Å². The lowest BCUT2D eigenvalue weighted by atomic mass is 10.3. The standard InChI is InChI=1S/C10H13N3O2/c1-12-6-7-13(10(12)14)8-4-3-5-11-9(8)15-2/h3-5H,6-7H2,1-2H3. The molecule has 1 fully saturated rings. The van der Waals surface area contributed by atoms with E-state index in [9.17, 15) is 4.79 Å². The molecule has 0 spiro atoms. The fraction of sp³-hybridized carbons (Fsp3) is 0.400. The third kappa shape index (κ3) is 1.60. The van der Waals surface area contributed by atoms with Crippen molar-refractivity contribution in [1.82, 2.24) is 9.88 Å². The first-order valence-corrected chi connectivity index (χ1v) is 4.75. The van der Waals surface area contributed by atoms with E-state index in [0.29, 0.717) is 12.4 Å². The molecule has 0 N–H and O–H groups in total. The minimum absolute atomic E-state index is 0.0127. The maximum Gasteiger partial charge on any atom is 0.324 e. The van der Waals surface area contributed by atoms with Crippen LogP contribution in [0, 0.1) is 0 Å². The van der Waals surface area contributed by atoms with Crippen LogP contribution < -0.4 is 9.64 Å². The van der Waals surface area contributed by atoms with Gasteiger partial charge in [-0.2, -0.15) is 0 Å². The summed E-state index contributed by atoms with van der Waals surface area (Å²) < 4.78 is 5.12. The van der Waals surface area contributed by atoms with Gasteiger partial charge in [0.1, 0.15) is 5.69 Å². The molecular formula is C10H13N3O2. The highest BCUT2D eigenvalue weighted by Gasteiger charge is 2.28. The molecule has 0 aliphatic carbocycles. The smallest absolute Gasteiger partial charge is 0.324 e. The summed E-state index contributed by atoms with van der Waals surface area (Å²) in [6.07, 6.45) is 1.65. The fourth-order valence-corrected chi connectivity index (χ4v) is 1.62. The molecule has 15 heavy (non-hydrogen) atoms. The number of hydrogen-bond donors (Lipinski definition) is 0. The van der Waals surface area contributed by atoms with E-state index in [1.165, 1.54) is 0 Å².